The first-order valence-electron chi connectivity index (χ1n) is 9.44. The Balaban J connectivity index is 1.56. The minimum Gasteiger partial charge on any atom is -0.369 e. The van der Waals surface area contributed by atoms with E-state index in [9.17, 15) is 14.0 Å². The Kier molecular flexibility index (Phi) is 5.20. The first kappa shape index (κ1) is 19.3. The molecule has 1 aromatic heterocycles. The Morgan fingerprint density at radius 2 is 1.93 bits per heavy atom. The van der Waals surface area contributed by atoms with Crippen molar-refractivity contribution in [3.05, 3.63) is 83.0 Å². The van der Waals surface area contributed by atoms with E-state index in [2.05, 4.69) is 12.1 Å². The van der Waals surface area contributed by atoms with E-state index >= 15 is 0 Å². The standard InChI is InChI=1S/C23H21FN2O2S/c24-19-7-2-6-18(13-19)21(27)26-10-9-23(15-26,22(25)28)14-16-4-1-5-17(12-16)20-8-3-11-29-20/h1-8,11-13H,9-10,14-15H2,(H2,25,28). The van der Waals surface area contributed by atoms with Gasteiger partial charge < -0.3 is 10.6 Å². The van der Waals surface area contributed by atoms with Crippen LogP contribution in [0.2, 0.25) is 0 Å². The number of primary amides is 1. The third-order valence-corrected chi connectivity index (χ3v) is 6.43. The largest absolute Gasteiger partial charge is 0.369 e. The molecule has 0 radical (unpaired) electrons. The van der Waals surface area contributed by atoms with E-state index in [4.69, 9.17) is 5.73 Å². The monoisotopic (exact) mass is 408 g/mol. The third kappa shape index (κ3) is 3.93. The molecule has 2 amide bonds. The zero-order chi connectivity index (χ0) is 20.4. The topological polar surface area (TPSA) is 63.4 Å². The number of halogens is 1. The van der Waals surface area contributed by atoms with Gasteiger partial charge in [0, 0.05) is 23.5 Å². The Labute approximate surface area is 172 Å². The van der Waals surface area contributed by atoms with Gasteiger partial charge in [-0.3, -0.25) is 9.59 Å². The summed E-state index contributed by atoms with van der Waals surface area (Å²) >= 11 is 1.66. The fourth-order valence-electron chi connectivity index (χ4n) is 3.95. The smallest absolute Gasteiger partial charge is 0.253 e. The van der Waals surface area contributed by atoms with Crippen LogP contribution < -0.4 is 5.73 Å². The van der Waals surface area contributed by atoms with Crippen molar-refractivity contribution in [1.29, 1.82) is 0 Å². The van der Waals surface area contributed by atoms with Gasteiger partial charge in [-0.2, -0.15) is 0 Å². The summed E-state index contributed by atoms with van der Waals surface area (Å²) in [5, 5.41) is 2.03. The Morgan fingerprint density at radius 3 is 2.66 bits per heavy atom. The van der Waals surface area contributed by atoms with E-state index in [-0.39, 0.29) is 18.0 Å². The van der Waals surface area contributed by atoms with Gasteiger partial charge >= 0.3 is 0 Å². The van der Waals surface area contributed by atoms with Crippen LogP contribution in [0.4, 0.5) is 4.39 Å². The maximum Gasteiger partial charge on any atom is 0.253 e. The molecule has 3 aromatic rings. The molecule has 1 fully saturated rings. The molecule has 148 valence electrons. The molecule has 1 aliphatic rings. The van der Waals surface area contributed by atoms with Gasteiger partial charge in [-0.1, -0.05) is 36.4 Å². The highest BCUT2D eigenvalue weighted by molar-refractivity contribution is 7.13. The van der Waals surface area contributed by atoms with E-state index in [1.807, 2.05) is 29.6 Å². The van der Waals surface area contributed by atoms with Crippen molar-refractivity contribution < 1.29 is 14.0 Å². The number of carbonyl (C=O) groups is 2. The van der Waals surface area contributed by atoms with Crippen LogP contribution in [0, 0.1) is 11.2 Å². The lowest BCUT2D eigenvalue weighted by Gasteiger charge is -2.26. The average Bonchev–Trinajstić information content (AvgIpc) is 3.39. The maximum atomic E-state index is 13.5. The van der Waals surface area contributed by atoms with Crippen LogP contribution in [0.25, 0.3) is 10.4 Å². The minimum atomic E-state index is -0.822. The Morgan fingerprint density at radius 1 is 1.10 bits per heavy atom. The summed E-state index contributed by atoms with van der Waals surface area (Å²) in [4.78, 5) is 28.0. The summed E-state index contributed by atoms with van der Waals surface area (Å²) in [6, 6.07) is 17.8. The summed E-state index contributed by atoms with van der Waals surface area (Å²) in [5.41, 5.74) is 7.37. The van der Waals surface area contributed by atoms with Gasteiger partial charge in [0.1, 0.15) is 5.82 Å². The lowest BCUT2D eigenvalue weighted by Crippen LogP contribution is -2.42. The van der Waals surface area contributed by atoms with Crippen LogP contribution in [-0.4, -0.2) is 29.8 Å². The average molecular weight is 408 g/mol. The maximum absolute atomic E-state index is 13.5. The highest BCUT2D eigenvalue weighted by atomic mass is 32.1. The SMILES string of the molecule is NC(=O)C1(Cc2cccc(-c3cccs3)c2)CCN(C(=O)c2cccc(F)c2)C1. The van der Waals surface area contributed by atoms with E-state index in [1.54, 1.807) is 22.3 Å². The summed E-state index contributed by atoms with van der Waals surface area (Å²) in [5.74, 6) is -1.14. The molecule has 0 saturated carbocycles. The number of amides is 2. The van der Waals surface area contributed by atoms with Gasteiger partial charge in [0.2, 0.25) is 5.91 Å². The van der Waals surface area contributed by atoms with Crippen LogP contribution in [-0.2, 0) is 11.2 Å². The number of nitrogens with zero attached hydrogens (tertiary/aromatic N) is 1. The van der Waals surface area contributed by atoms with Gasteiger partial charge in [0.05, 0.1) is 5.41 Å². The van der Waals surface area contributed by atoms with E-state index in [1.165, 1.54) is 18.2 Å². The lowest BCUT2D eigenvalue weighted by atomic mass is 9.80. The first-order chi connectivity index (χ1) is 14.0. The van der Waals surface area contributed by atoms with Crippen molar-refractivity contribution in [3.63, 3.8) is 0 Å². The highest BCUT2D eigenvalue weighted by Gasteiger charge is 2.45. The van der Waals surface area contributed by atoms with Crippen molar-refractivity contribution >= 4 is 23.2 Å². The number of thiophene rings is 1. The van der Waals surface area contributed by atoms with E-state index in [0.29, 0.717) is 19.4 Å². The van der Waals surface area contributed by atoms with Crippen molar-refractivity contribution in [2.24, 2.45) is 11.1 Å². The van der Waals surface area contributed by atoms with Crippen molar-refractivity contribution in [2.75, 3.05) is 13.1 Å². The Bertz CT molecular complexity index is 1050. The predicted octanol–water partition coefficient (Wildman–Crippen LogP) is 4.11. The van der Waals surface area contributed by atoms with Crippen molar-refractivity contribution in [3.8, 4) is 10.4 Å². The molecule has 1 atom stereocenters. The number of nitrogens with two attached hydrogens (primary N) is 1. The Hall–Kier alpha value is -2.99. The lowest BCUT2D eigenvalue weighted by molar-refractivity contribution is -0.126. The van der Waals surface area contributed by atoms with E-state index in [0.717, 1.165) is 16.0 Å². The number of hydrogen-bond acceptors (Lipinski definition) is 3. The van der Waals surface area contributed by atoms with Gasteiger partial charge in [0.25, 0.3) is 5.91 Å². The molecule has 2 heterocycles. The van der Waals surface area contributed by atoms with Crippen LogP contribution in [0.1, 0.15) is 22.3 Å². The number of hydrogen-bond donors (Lipinski definition) is 1. The zero-order valence-electron chi connectivity index (χ0n) is 15.8. The molecule has 0 aliphatic carbocycles. The molecule has 4 rings (SSSR count). The summed E-state index contributed by atoms with van der Waals surface area (Å²) in [7, 11) is 0. The number of benzene rings is 2. The third-order valence-electron chi connectivity index (χ3n) is 5.51. The van der Waals surface area contributed by atoms with Crippen LogP contribution in [0.3, 0.4) is 0 Å². The van der Waals surface area contributed by atoms with Gasteiger partial charge in [0.15, 0.2) is 0 Å². The fourth-order valence-corrected chi connectivity index (χ4v) is 4.67. The molecule has 2 aromatic carbocycles. The minimum absolute atomic E-state index is 0.237. The number of likely N-dealkylation sites (tertiary alicyclic amines) is 1. The normalized spacial score (nSPS) is 18.7. The van der Waals surface area contributed by atoms with Gasteiger partial charge in [-0.25, -0.2) is 4.39 Å². The van der Waals surface area contributed by atoms with Crippen LogP contribution >= 0.6 is 11.3 Å². The van der Waals surface area contributed by atoms with Gasteiger partial charge in [-0.15, -0.1) is 11.3 Å². The van der Waals surface area contributed by atoms with Crippen LogP contribution in [0.5, 0.6) is 0 Å². The number of carbonyl (C=O) groups excluding carboxylic acids is 2. The summed E-state index contributed by atoms with van der Waals surface area (Å²) < 4.78 is 13.5. The quantitative estimate of drug-likeness (QED) is 0.690. The molecule has 1 saturated heterocycles. The van der Waals surface area contributed by atoms with Crippen molar-refractivity contribution in [2.45, 2.75) is 12.8 Å². The first-order valence-corrected chi connectivity index (χ1v) is 10.3. The summed E-state index contributed by atoms with van der Waals surface area (Å²) in [6.07, 6.45) is 0.959. The molecule has 29 heavy (non-hydrogen) atoms. The molecule has 1 aliphatic heterocycles. The predicted molar refractivity (Wildman–Crippen MR) is 112 cm³/mol. The molecular formula is C23H21FN2O2S. The van der Waals surface area contributed by atoms with Crippen molar-refractivity contribution in [1.82, 2.24) is 4.90 Å². The second-order valence-corrected chi connectivity index (χ2v) is 8.43. The summed E-state index contributed by atoms with van der Waals surface area (Å²) in [6.45, 7) is 0.657. The molecule has 1 unspecified atom stereocenters. The zero-order valence-corrected chi connectivity index (χ0v) is 16.6. The molecule has 6 heteroatoms. The van der Waals surface area contributed by atoms with Gasteiger partial charge in [-0.05, 0) is 53.6 Å². The number of rotatable bonds is 5. The second kappa shape index (κ2) is 7.79. The second-order valence-electron chi connectivity index (χ2n) is 7.49. The highest BCUT2D eigenvalue weighted by Crippen LogP contribution is 2.36. The van der Waals surface area contributed by atoms with E-state index < -0.39 is 17.1 Å². The molecule has 2 N–H and O–H groups in total. The van der Waals surface area contributed by atoms with Crippen LogP contribution in [0.15, 0.2) is 66.0 Å². The molecular weight excluding hydrogens is 387 g/mol. The molecule has 0 spiro atoms. The molecule has 0 bridgehead atoms. The fraction of sp³-hybridized carbons (Fsp3) is 0.217. The molecule has 4 nitrogen and oxygen atoms in total.